The molecule has 0 atom stereocenters. The van der Waals surface area contributed by atoms with E-state index < -0.39 is 0 Å². The predicted molar refractivity (Wildman–Crippen MR) is 44.3 cm³/mol. The van der Waals surface area contributed by atoms with Crippen LogP contribution in [0.1, 0.15) is 5.56 Å². The fraction of sp³-hybridized carbons (Fsp3) is 0.111. The highest BCUT2D eigenvalue weighted by molar-refractivity contribution is 5.83. The smallest absolute Gasteiger partial charge is 0.0577 e. The monoisotopic (exact) mass is 144 g/mol. The number of benzene rings is 1. The average Bonchev–Trinajstić information content (AvgIpc) is 2.06. The summed E-state index contributed by atoms with van der Waals surface area (Å²) in [7, 11) is 0. The van der Waals surface area contributed by atoms with Crippen molar-refractivity contribution in [1.29, 1.82) is 0 Å². The first kappa shape index (κ1) is 6.28. The van der Waals surface area contributed by atoms with Gasteiger partial charge in [0.15, 0.2) is 0 Å². The van der Waals surface area contributed by atoms with Crippen LogP contribution in [0.3, 0.4) is 0 Å². The van der Waals surface area contributed by atoms with Crippen LogP contribution in [0.4, 0.5) is 0 Å². The number of hydrogen-bond acceptors (Lipinski definition) is 2. The van der Waals surface area contributed by atoms with Crippen LogP contribution >= 0.6 is 0 Å². The molecule has 2 rings (SSSR count). The van der Waals surface area contributed by atoms with Crippen molar-refractivity contribution in [2.24, 2.45) is 0 Å². The standard InChI is InChI=1S/C9H8N2/c1-7-3-2-4-8-5-10-11-6-9(7)8/h2-6H,1H3. The van der Waals surface area contributed by atoms with Crippen LogP contribution in [-0.4, -0.2) is 10.2 Å². The van der Waals surface area contributed by atoms with Gasteiger partial charge in [-0.3, -0.25) is 0 Å². The van der Waals surface area contributed by atoms with Gasteiger partial charge in [-0.05, 0) is 12.5 Å². The molecular formula is C9H8N2. The van der Waals surface area contributed by atoms with E-state index in [1.807, 2.05) is 12.1 Å². The molecule has 11 heavy (non-hydrogen) atoms. The van der Waals surface area contributed by atoms with Gasteiger partial charge in [-0.1, -0.05) is 18.2 Å². The Morgan fingerprint density at radius 3 is 2.73 bits per heavy atom. The topological polar surface area (TPSA) is 25.8 Å². The highest BCUT2D eigenvalue weighted by atomic mass is 15.1. The summed E-state index contributed by atoms with van der Waals surface area (Å²) >= 11 is 0. The molecule has 0 aliphatic rings. The highest BCUT2D eigenvalue weighted by Crippen LogP contribution is 2.14. The lowest BCUT2D eigenvalue weighted by atomic mass is 10.1. The fourth-order valence-corrected chi connectivity index (χ4v) is 1.18. The Morgan fingerprint density at radius 1 is 1.09 bits per heavy atom. The van der Waals surface area contributed by atoms with E-state index in [4.69, 9.17) is 0 Å². The van der Waals surface area contributed by atoms with E-state index in [1.54, 1.807) is 12.4 Å². The van der Waals surface area contributed by atoms with Gasteiger partial charge >= 0.3 is 0 Å². The summed E-state index contributed by atoms with van der Waals surface area (Å²) < 4.78 is 0. The third-order valence-electron chi connectivity index (χ3n) is 1.81. The lowest BCUT2D eigenvalue weighted by molar-refractivity contribution is 1.05. The summed E-state index contributed by atoms with van der Waals surface area (Å²) in [4.78, 5) is 0. The van der Waals surface area contributed by atoms with Crippen LogP contribution in [0.15, 0.2) is 30.6 Å². The number of fused-ring (bicyclic) bond motifs is 1. The number of hydrogen-bond donors (Lipinski definition) is 0. The normalized spacial score (nSPS) is 10.3. The average molecular weight is 144 g/mol. The van der Waals surface area contributed by atoms with Gasteiger partial charge in [0.1, 0.15) is 0 Å². The predicted octanol–water partition coefficient (Wildman–Crippen LogP) is 1.94. The molecule has 0 spiro atoms. The largest absolute Gasteiger partial charge is 0.158 e. The molecule has 2 aromatic rings. The molecule has 54 valence electrons. The van der Waals surface area contributed by atoms with Crippen LogP contribution in [0, 0.1) is 6.92 Å². The molecule has 0 saturated carbocycles. The van der Waals surface area contributed by atoms with E-state index in [0.29, 0.717) is 0 Å². The molecule has 0 N–H and O–H groups in total. The zero-order chi connectivity index (χ0) is 7.68. The number of rotatable bonds is 0. The van der Waals surface area contributed by atoms with Crippen LogP contribution in [0.2, 0.25) is 0 Å². The van der Waals surface area contributed by atoms with Crippen molar-refractivity contribution in [2.75, 3.05) is 0 Å². The molecule has 1 aromatic carbocycles. The van der Waals surface area contributed by atoms with E-state index in [0.717, 1.165) is 5.39 Å². The highest BCUT2D eigenvalue weighted by Gasteiger charge is 1.93. The third kappa shape index (κ3) is 0.963. The second kappa shape index (κ2) is 2.31. The summed E-state index contributed by atoms with van der Waals surface area (Å²) in [6.45, 7) is 2.07. The molecular weight excluding hydrogens is 136 g/mol. The summed E-state index contributed by atoms with van der Waals surface area (Å²) in [5, 5.41) is 9.96. The van der Waals surface area contributed by atoms with Gasteiger partial charge in [0, 0.05) is 10.8 Å². The summed E-state index contributed by atoms with van der Waals surface area (Å²) in [6, 6.07) is 6.14. The molecule has 0 saturated heterocycles. The van der Waals surface area contributed by atoms with Crippen LogP contribution in [-0.2, 0) is 0 Å². The Kier molecular flexibility index (Phi) is 1.32. The first-order valence-electron chi connectivity index (χ1n) is 3.54. The maximum atomic E-state index is 3.82. The maximum absolute atomic E-state index is 3.82. The number of nitrogens with zero attached hydrogens (tertiary/aromatic N) is 2. The zero-order valence-electron chi connectivity index (χ0n) is 6.28. The molecule has 1 heterocycles. The molecule has 2 nitrogen and oxygen atoms in total. The molecule has 0 aliphatic carbocycles. The lowest BCUT2D eigenvalue weighted by Crippen LogP contribution is -1.82. The Morgan fingerprint density at radius 2 is 1.91 bits per heavy atom. The molecule has 0 aliphatic heterocycles. The molecule has 0 radical (unpaired) electrons. The Hall–Kier alpha value is -1.44. The minimum absolute atomic E-state index is 1.15. The Labute approximate surface area is 64.9 Å². The molecule has 0 bridgehead atoms. The van der Waals surface area contributed by atoms with Gasteiger partial charge in [0.25, 0.3) is 0 Å². The fourth-order valence-electron chi connectivity index (χ4n) is 1.18. The lowest BCUT2D eigenvalue weighted by Gasteiger charge is -1.97. The maximum Gasteiger partial charge on any atom is 0.0577 e. The van der Waals surface area contributed by atoms with Crippen molar-refractivity contribution < 1.29 is 0 Å². The van der Waals surface area contributed by atoms with E-state index >= 15 is 0 Å². The van der Waals surface area contributed by atoms with Gasteiger partial charge in [-0.25, -0.2) is 0 Å². The van der Waals surface area contributed by atoms with Crippen molar-refractivity contribution in [3.05, 3.63) is 36.2 Å². The molecule has 0 amide bonds. The van der Waals surface area contributed by atoms with Crippen molar-refractivity contribution >= 4 is 10.8 Å². The van der Waals surface area contributed by atoms with Crippen molar-refractivity contribution in [2.45, 2.75) is 6.92 Å². The molecule has 0 unspecified atom stereocenters. The van der Waals surface area contributed by atoms with Gasteiger partial charge in [0.05, 0.1) is 12.4 Å². The second-order valence-corrected chi connectivity index (χ2v) is 2.57. The van der Waals surface area contributed by atoms with E-state index in [2.05, 4.69) is 23.2 Å². The first-order valence-corrected chi connectivity index (χ1v) is 3.54. The van der Waals surface area contributed by atoms with Gasteiger partial charge in [0.2, 0.25) is 0 Å². The molecule has 2 heteroatoms. The van der Waals surface area contributed by atoms with E-state index in [-0.39, 0.29) is 0 Å². The Bertz CT molecular complexity index is 377. The van der Waals surface area contributed by atoms with Crippen molar-refractivity contribution in [3.8, 4) is 0 Å². The van der Waals surface area contributed by atoms with Crippen molar-refractivity contribution in [3.63, 3.8) is 0 Å². The zero-order valence-corrected chi connectivity index (χ0v) is 6.28. The van der Waals surface area contributed by atoms with Gasteiger partial charge in [-0.15, -0.1) is 0 Å². The third-order valence-corrected chi connectivity index (χ3v) is 1.81. The first-order chi connectivity index (χ1) is 5.38. The van der Waals surface area contributed by atoms with E-state index in [9.17, 15) is 0 Å². The van der Waals surface area contributed by atoms with E-state index in [1.165, 1.54) is 10.9 Å². The van der Waals surface area contributed by atoms with Gasteiger partial charge in [-0.2, -0.15) is 10.2 Å². The van der Waals surface area contributed by atoms with Crippen LogP contribution in [0.25, 0.3) is 10.8 Å². The Balaban J connectivity index is 2.91. The summed E-state index contributed by atoms with van der Waals surface area (Å²) in [6.07, 6.45) is 3.58. The SMILES string of the molecule is Cc1cccc2cnncc12. The number of aromatic nitrogens is 2. The molecule has 0 fully saturated rings. The minimum Gasteiger partial charge on any atom is -0.158 e. The van der Waals surface area contributed by atoms with Crippen LogP contribution in [0.5, 0.6) is 0 Å². The van der Waals surface area contributed by atoms with Gasteiger partial charge < -0.3 is 0 Å². The summed E-state index contributed by atoms with van der Waals surface area (Å²) in [5.74, 6) is 0. The van der Waals surface area contributed by atoms with Crippen molar-refractivity contribution in [1.82, 2.24) is 10.2 Å². The quantitative estimate of drug-likeness (QED) is 0.564. The van der Waals surface area contributed by atoms with Crippen LogP contribution < -0.4 is 0 Å². The number of aryl methyl sites for hydroxylation is 1. The second-order valence-electron chi connectivity index (χ2n) is 2.57. The summed E-state index contributed by atoms with van der Waals surface area (Å²) in [5.41, 5.74) is 1.25. The molecule has 1 aromatic heterocycles. The minimum atomic E-state index is 1.15.